The largest absolute Gasteiger partial charge is 0.481 e. The minimum Gasteiger partial charge on any atom is -0.481 e. The van der Waals surface area contributed by atoms with E-state index in [1.807, 2.05) is 0 Å². The molecule has 6 aliphatic carbocycles. The molecule has 0 aromatic carbocycles. The third-order valence-electron chi connectivity index (χ3n) is 15.9. The van der Waals surface area contributed by atoms with Crippen LogP contribution >= 0.6 is 0 Å². The van der Waals surface area contributed by atoms with Crippen molar-refractivity contribution in [2.45, 2.75) is 124 Å². The van der Waals surface area contributed by atoms with Crippen molar-refractivity contribution < 1.29 is 19.4 Å². The summed E-state index contributed by atoms with van der Waals surface area (Å²) in [5.74, 6) is 2.09. The number of aliphatic carboxylic acids is 1. The maximum atomic E-state index is 13.9. The number of alkyl halides is 1. The molecule has 0 aromatic rings. The summed E-state index contributed by atoms with van der Waals surface area (Å²) in [5, 5.41) is 23.5. The molecule has 0 amide bonds. The monoisotopic (exact) mass is 609 g/mol. The number of carboxylic acid groups (broad SMARTS) is 1. The fourth-order valence-corrected chi connectivity index (χ4v) is 13.4. The van der Waals surface area contributed by atoms with Gasteiger partial charge in [0.15, 0.2) is 0 Å². The predicted molar refractivity (Wildman–Crippen MR) is 176 cm³/mol. The summed E-state index contributed by atoms with van der Waals surface area (Å²) in [6, 6.07) is 0. The van der Waals surface area contributed by atoms with Crippen LogP contribution in [-0.4, -0.2) is 41.5 Å². The molecule has 0 unspecified atom stereocenters. The van der Waals surface area contributed by atoms with Crippen LogP contribution in [0, 0.1) is 56.7 Å². The number of hydrogen-bond acceptors (Lipinski definition) is 3. The number of carbonyl (C=O) groups is 1. The third kappa shape index (κ3) is 4.29. The predicted octanol–water partition coefficient (Wildman–Crippen LogP) is 8.67. The molecule has 0 aliphatic heterocycles. The highest BCUT2D eigenvalue weighted by molar-refractivity contribution is 5.75. The topological polar surface area (TPSA) is 69.6 Å². The lowest BCUT2D eigenvalue weighted by molar-refractivity contribution is -0.221. The maximum absolute atomic E-state index is 13.9. The summed E-state index contributed by atoms with van der Waals surface area (Å²) in [7, 11) is 0. The van der Waals surface area contributed by atoms with Crippen LogP contribution < -0.4 is 5.32 Å². The van der Waals surface area contributed by atoms with E-state index in [9.17, 15) is 19.4 Å². The minimum absolute atomic E-state index is 0.00326. The Hall–Kier alpha value is -1.46. The highest BCUT2D eigenvalue weighted by Crippen LogP contribution is 2.76. The Morgan fingerprint density at radius 1 is 0.955 bits per heavy atom. The molecule has 4 nitrogen and oxygen atoms in total. The summed E-state index contributed by atoms with van der Waals surface area (Å²) in [6.45, 7) is 19.7. The van der Waals surface area contributed by atoms with Crippen LogP contribution in [0.2, 0.25) is 0 Å². The number of aliphatic hydroxyl groups is 1. The lowest BCUT2D eigenvalue weighted by Gasteiger charge is -2.72. The van der Waals surface area contributed by atoms with E-state index < -0.39 is 18.1 Å². The second-order valence-electron chi connectivity index (χ2n) is 17.7. The van der Waals surface area contributed by atoms with Crippen LogP contribution in [0.25, 0.3) is 0 Å². The van der Waals surface area contributed by atoms with E-state index in [2.05, 4.69) is 65.6 Å². The van der Waals surface area contributed by atoms with Gasteiger partial charge in [0, 0.05) is 12.1 Å². The Bertz CT molecular complexity index is 1250. The van der Waals surface area contributed by atoms with Gasteiger partial charge in [-0.05, 0) is 146 Å². The lowest BCUT2D eigenvalue weighted by atomic mass is 9.33. The standard InChI is InChI=1S/C39H60FNO3/c1-25(2)27-12-19-39(41-22-23-42)21-20-36(6)29(32(27)39)8-9-31-35(5)15-13-28(34(3,4)30(35)14-16-37(31,36)7)26-10-17-38(24-40,18-11-26)33(43)44/h10,13,27,29-32,41-42H,1,8-9,11-12,14-24H2,2-7H3,(H,43,44)/t27-,29+,30-,31+,32+,35-,36+,37+,38+,39-/m0/s1. The van der Waals surface area contributed by atoms with Gasteiger partial charge in [-0.3, -0.25) is 4.79 Å². The number of β-amino-alcohol motifs (C(OH)–C–C–N with tert-alkyl or cyclic N) is 1. The normalized spacial score (nSPS) is 47.8. The number of nitrogens with one attached hydrogen (secondary N) is 1. The van der Waals surface area contributed by atoms with Gasteiger partial charge in [0.25, 0.3) is 0 Å². The van der Waals surface area contributed by atoms with Gasteiger partial charge in [-0.2, -0.15) is 0 Å². The second-order valence-corrected chi connectivity index (χ2v) is 17.7. The van der Waals surface area contributed by atoms with Gasteiger partial charge in [-0.25, -0.2) is 4.39 Å². The molecule has 5 heteroatoms. The molecule has 3 N–H and O–H groups in total. The van der Waals surface area contributed by atoms with Crippen molar-refractivity contribution in [1.82, 2.24) is 5.32 Å². The van der Waals surface area contributed by atoms with Crippen LogP contribution in [0.5, 0.6) is 0 Å². The Labute approximate surface area is 266 Å². The van der Waals surface area contributed by atoms with E-state index in [-0.39, 0.29) is 33.8 Å². The number of fused-ring (bicyclic) bond motifs is 7. The first-order chi connectivity index (χ1) is 20.7. The first-order valence-electron chi connectivity index (χ1n) is 17.9. The highest BCUT2D eigenvalue weighted by atomic mass is 19.1. The molecule has 0 bridgehead atoms. The van der Waals surface area contributed by atoms with Crippen LogP contribution in [-0.2, 0) is 4.79 Å². The molecule has 0 spiro atoms. The maximum Gasteiger partial charge on any atom is 0.312 e. The zero-order valence-electron chi connectivity index (χ0n) is 28.5. The molecule has 0 aromatic heterocycles. The summed E-state index contributed by atoms with van der Waals surface area (Å²) >= 11 is 0. The fraction of sp³-hybridized carbons (Fsp3) is 0.821. The van der Waals surface area contributed by atoms with E-state index >= 15 is 0 Å². The summed E-state index contributed by atoms with van der Waals surface area (Å²) in [5.41, 5.74) is 3.72. The Kier molecular flexibility index (Phi) is 7.97. The number of aliphatic hydroxyl groups excluding tert-OH is 1. The van der Waals surface area contributed by atoms with E-state index in [1.165, 1.54) is 68.1 Å². The van der Waals surface area contributed by atoms with Crippen LogP contribution in [0.3, 0.4) is 0 Å². The van der Waals surface area contributed by atoms with Crippen molar-refractivity contribution in [2.75, 3.05) is 19.8 Å². The van der Waals surface area contributed by atoms with E-state index in [0.717, 1.165) is 6.42 Å². The second kappa shape index (κ2) is 10.8. The van der Waals surface area contributed by atoms with E-state index in [0.29, 0.717) is 55.4 Å². The molecule has 4 saturated carbocycles. The summed E-state index contributed by atoms with van der Waals surface area (Å²) in [6.07, 6.45) is 17.0. The van der Waals surface area contributed by atoms with Crippen LogP contribution in [0.1, 0.15) is 119 Å². The molecule has 6 rings (SSSR count). The van der Waals surface area contributed by atoms with Crippen LogP contribution in [0.15, 0.2) is 35.5 Å². The molecule has 0 radical (unpaired) electrons. The van der Waals surface area contributed by atoms with Crippen molar-refractivity contribution in [3.8, 4) is 0 Å². The first-order valence-corrected chi connectivity index (χ1v) is 17.9. The lowest BCUT2D eigenvalue weighted by Crippen LogP contribution is -2.68. The molecule has 0 heterocycles. The highest BCUT2D eigenvalue weighted by Gasteiger charge is 2.70. The van der Waals surface area contributed by atoms with Crippen molar-refractivity contribution >= 4 is 5.97 Å². The smallest absolute Gasteiger partial charge is 0.312 e. The summed E-state index contributed by atoms with van der Waals surface area (Å²) in [4.78, 5) is 11.9. The molecular weight excluding hydrogens is 549 g/mol. The number of carboxylic acids is 1. The van der Waals surface area contributed by atoms with E-state index in [1.54, 1.807) is 0 Å². The van der Waals surface area contributed by atoms with Gasteiger partial charge < -0.3 is 15.5 Å². The van der Waals surface area contributed by atoms with Crippen molar-refractivity contribution in [3.63, 3.8) is 0 Å². The summed E-state index contributed by atoms with van der Waals surface area (Å²) < 4.78 is 13.9. The molecule has 44 heavy (non-hydrogen) atoms. The Morgan fingerprint density at radius 3 is 2.32 bits per heavy atom. The van der Waals surface area contributed by atoms with Gasteiger partial charge in [0.1, 0.15) is 6.67 Å². The first kappa shape index (κ1) is 32.5. The van der Waals surface area contributed by atoms with Gasteiger partial charge in [0.05, 0.1) is 12.0 Å². The zero-order chi connectivity index (χ0) is 31.9. The van der Waals surface area contributed by atoms with Crippen molar-refractivity contribution in [1.29, 1.82) is 0 Å². The SMILES string of the molecule is C=C(C)[C@@H]1CC[C@]2(NCCO)CC[C@]3(C)[C@H](CC[C@@H]4[C@@]5(C)CC=C(C6=CC[C@@](CF)(C(=O)O)CC6)C(C)(C)[C@@H]5CC[C@]43C)[C@@H]12. The number of allylic oxidation sites excluding steroid dienone is 5. The van der Waals surface area contributed by atoms with E-state index in [4.69, 9.17) is 0 Å². The third-order valence-corrected chi connectivity index (χ3v) is 15.9. The molecule has 10 atom stereocenters. The number of halogens is 1. The van der Waals surface area contributed by atoms with Crippen LogP contribution in [0.4, 0.5) is 4.39 Å². The van der Waals surface area contributed by atoms with Gasteiger partial charge in [-0.1, -0.05) is 58.9 Å². The molecule has 246 valence electrons. The molecular formula is C39H60FNO3. The molecule has 6 aliphatic rings. The zero-order valence-corrected chi connectivity index (χ0v) is 28.5. The van der Waals surface area contributed by atoms with Crippen molar-refractivity contribution in [3.05, 3.63) is 35.5 Å². The van der Waals surface area contributed by atoms with Gasteiger partial charge in [-0.15, -0.1) is 0 Å². The minimum atomic E-state index is -1.24. The molecule has 0 saturated heterocycles. The number of rotatable bonds is 7. The Balaban J connectivity index is 1.32. The fourth-order valence-electron chi connectivity index (χ4n) is 13.4. The number of hydrogen-bond donors (Lipinski definition) is 3. The average molecular weight is 610 g/mol. The average Bonchev–Trinajstić information content (AvgIpc) is 3.36. The van der Waals surface area contributed by atoms with Gasteiger partial charge in [0.2, 0.25) is 0 Å². The van der Waals surface area contributed by atoms with Gasteiger partial charge >= 0.3 is 5.97 Å². The molecule has 4 fully saturated rings. The van der Waals surface area contributed by atoms with Crippen molar-refractivity contribution in [2.24, 2.45) is 56.7 Å². The Morgan fingerprint density at radius 2 is 1.70 bits per heavy atom. The quantitative estimate of drug-likeness (QED) is 0.253.